The van der Waals surface area contributed by atoms with Crippen LogP contribution in [0.5, 0.6) is 0 Å². The van der Waals surface area contributed by atoms with E-state index in [9.17, 15) is 4.79 Å². The predicted octanol–water partition coefficient (Wildman–Crippen LogP) is 1.34. The third-order valence-electron chi connectivity index (χ3n) is 2.22. The smallest absolute Gasteiger partial charge is 0.304 e. The summed E-state index contributed by atoms with van der Waals surface area (Å²) in [4.78, 5) is 18.9. The summed E-state index contributed by atoms with van der Waals surface area (Å²) in [5.41, 5.74) is 0.915. The molecule has 0 radical (unpaired) electrons. The minimum Gasteiger partial charge on any atom is -0.481 e. The van der Waals surface area contributed by atoms with Crippen LogP contribution in [0.15, 0.2) is 12.4 Å². The molecule has 17 heavy (non-hydrogen) atoms. The molecule has 1 aromatic rings. The summed E-state index contributed by atoms with van der Waals surface area (Å²) < 4.78 is 0. The monoisotopic (exact) mass is 237 g/mol. The molecular weight excluding hydrogens is 218 g/mol. The van der Waals surface area contributed by atoms with Gasteiger partial charge in [0.05, 0.1) is 6.42 Å². The van der Waals surface area contributed by atoms with E-state index in [0.29, 0.717) is 13.1 Å². The summed E-state index contributed by atoms with van der Waals surface area (Å²) in [6.45, 7) is 7.24. The molecule has 0 spiro atoms. The number of hydrogen-bond donors (Lipinski definition) is 2. The van der Waals surface area contributed by atoms with Crippen molar-refractivity contribution < 1.29 is 9.90 Å². The Morgan fingerprint density at radius 2 is 1.94 bits per heavy atom. The first-order valence-corrected chi connectivity index (χ1v) is 5.63. The molecule has 0 unspecified atom stereocenters. The third-order valence-corrected chi connectivity index (χ3v) is 2.22. The Balaban J connectivity index is 2.43. The molecule has 0 atom stereocenters. The maximum absolute atomic E-state index is 10.3. The molecule has 0 aliphatic rings. The van der Waals surface area contributed by atoms with Gasteiger partial charge in [-0.2, -0.15) is 0 Å². The average molecular weight is 237 g/mol. The number of aromatic nitrogens is 2. The molecule has 1 aromatic heterocycles. The number of hydrogen-bond acceptors (Lipinski definition) is 4. The van der Waals surface area contributed by atoms with Gasteiger partial charge in [0.15, 0.2) is 0 Å². The van der Waals surface area contributed by atoms with Gasteiger partial charge in [-0.15, -0.1) is 0 Å². The van der Waals surface area contributed by atoms with Crippen LogP contribution in [-0.4, -0.2) is 27.6 Å². The Hall–Kier alpha value is -1.49. The van der Waals surface area contributed by atoms with Gasteiger partial charge in [-0.3, -0.25) is 4.79 Å². The molecule has 5 heteroatoms. The summed E-state index contributed by atoms with van der Waals surface area (Å²) in [6.07, 6.45) is 3.68. The number of carbonyl (C=O) groups is 1. The normalized spacial score (nSPS) is 11.5. The number of carboxylic acid groups (broad SMARTS) is 1. The van der Waals surface area contributed by atoms with E-state index in [1.165, 1.54) is 0 Å². The Morgan fingerprint density at radius 3 is 2.41 bits per heavy atom. The average Bonchev–Trinajstić information content (AvgIpc) is 2.23. The first-order chi connectivity index (χ1) is 7.89. The summed E-state index contributed by atoms with van der Waals surface area (Å²) in [5.74, 6) is 0.0172. The van der Waals surface area contributed by atoms with Gasteiger partial charge in [0.25, 0.3) is 0 Å². The number of nitrogens with zero attached hydrogens (tertiary/aromatic N) is 2. The van der Waals surface area contributed by atoms with E-state index in [1.54, 1.807) is 12.4 Å². The van der Waals surface area contributed by atoms with Gasteiger partial charge < -0.3 is 10.4 Å². The van der Waals surface area contributed by atoms with Gasteiger partial charge in [0, 0.05) is 36.5 Å². The molecule has 0 saturated carbocycles. The Labute approximate surface area is 101 Å². The van der Waals surface area contributed by atoms with Crippen LogP contribution in [0.4, 0.5) is 0 Å². The molecule has 0 bridgehead atoms. The zero-order valence-electron chi connectivity index (χ0n) is 10.5. The molecule has 0 aromatic carbocycles. The van der Waals surface area contributed by atoms with Crippen molar-refractivity contribution in [2.75, 3.05) is 6.54 Å². The Kier molecular flexibility index (Phi) is 4.57. The van der Waals surface area contributed by atoms with Gasteiger partial charge in [0.1, 0.15) is 5.82 Å². The fraction of sp³-hybridized carbons (Fsp3) is 0.583. The molecule has 0 aliphatic carbocycles. The van der Waals surface area contributed by atoms with E-state index in [-0.39, 0.29) is 11.8 Å². The highest BCUT2D eigenvalue weighted by atomic mass is 16.4. The van der Waals surface area contributed by atoms with E-state index in [1.807, 2.05) is 0 Å². The molecule has 0 aliphatic heterocycles. The van der Waals surface area contributed by atoms with E-state index >= 15 is 0 Å². The molecule has 0 fully saturated rings. The lowest BCUT2D eigenvalue weighted by atomic mass is 9.96. The van der Waals surface area contributed by atoms with Gasteiger partial charge in [-0.25, -0.2) is 9.97 Å². The second-order valence-electron chi connectivity index (χ2n) is 4.99. The fourth-order valence-corrected chi connectivity index (χ4v) is 1.26. The van der Waals surface area contributed by atoms with Crippen molar-refractivity contribution in [1.82, 2.24) is 15.3 Å². The summed E-state index contributed by atoms with van der Waals surface area (Å²) in [6, 6.07) is 0. The highest BCUT2D eigenvalue weighted by molar-refractivity contribution is 5.66. The second-order valence-corrected chi connectivity index (χ2v) is 4.99. The Morgan fingerprint density at radius 1 is 1.35 bits per heavy atom. The minimum absolute atomic E-state index is 0.0464. The van der Waals surface area contributed by atoms with Crippen LogP contribution >= 0.6 is 0 Å². The lowest BCUT2D eigenvalue weighted by Crippen LogP contribution is -2.19. The molecule has 94 valence electrons. The molecule has 0 saturated heterocycles. The van der Waals surface area contributed by atoms with Gasteiger partial charge in [0.2, 0.25) is 0 Å². The van der Waals surface area contributed by atoms with Crippen LogP contribution in [-0.2, 0) is 16.8 Å². The Bertz CT molecular complexity index is 368. The lowest BCUT2D eigenvalue weighted by Gasteiger charge is -2.16. The quantitative estimate of drug-likeness (QED) is 0.756. The molecule has 1 rings (SSSR count). The van der Waals surface area contributed by atoms with Crippen molar-refractivity contribution in [1.29, 1.82) is 0 Å². The number of rotatable bonds is 5. The molecule has 5 nitrogen and oxygen atoms in total. The zero-order chi connectivity index (χ0) is 12.9. The highest BCUT2D eigenvalue weighted by Crippen LogP contribution is 2.16. The number of nitrogens with one attached hydrogen (secondary N) is 1. The van der Waals surface area contributed by atoms with Crippen LogP contribution in [0, 0.1) is 0 Å². The zero-order valence-corrected chi connectivity index (χ0v) is 10.5. The van der Waals surface area contributed by atoms with Crippen molar-refractivity contribution in [3.8, 4) is 0 Å². The van der Waals surface area contributed by atoms with Crippen molar-refractivity contribution in [3.05, 3.63) is 23.8 Å². The van der Waals surface area contributed by atoms with Gasteiger partial charge >= 0.3 is 5.97 Å². The predicted molar refractivity (Wildman–Crippen MR) is 64.7 cm³/mol. The van der Waals surface area contributed by atoms with E-state index < -0.39 is 5.97 Å². The topological polar surface area (TPSA) is 75.1 Å². The molecular formula is C12H19N3O2. The van der Waals surface area contributed by atoms with Crippen LogP contribution in [0.2, 0.25) is 0 Å². The minimum atomic E-state index is -0.795. The number of carboxylic acids is 1. The SMILES string of the molecule is CC(C)(C)c1ncc(CNCCC(=O)O)cn1. The van der Waals surface area contributed by atoms with Crippen LogP contribution in [0.25, 0.3) is 0 Å². The maximum Gasteiger partial charge on any atom is 0.304 e. The summed E-state index contributed by atoms with van der Waals surface area (Å²) in [5, 5.41) is 11.5. The second kappa shape index (κ2) is 5.72. The maximum atomic E-state index is 10.3. The standard InChI is InChI=1S/C12H19N3O2/c1-12(2,3)11-14-7-9(8-15-11)6-13-5-4-10(16)17/h7-8,13H,4-6H2,1-3H3,(H,16,17). The van der Waals surface area contributed by atoms with E-state index in [2.05, 4.69) is 36.1 Å². The van der Waals surface area contributed by atoms with E-state index in [0.717, 1.165) is 11.4 Å². The largest absolute Gasteiger partial charge is 0.481 e. The molecule has 2 N–H and O–H groups in total. The van der Waals surface area contributed by atoms with E-state index in [4.69, 9.17) is 5.11 Å². The van der Waals surface area contributed by atoms with Gasteiger partial charge in [-0.1, -0.05) is 20.8 Å². The van der Waals surface area contributed by atoms with Crippen molar-refractivity contribution in [3.63, 3.8) is 0 Å². The van der Waals surface area contributed by atoms with Crippen molar-refractivity contribution >= 4 is 5.97 Å². The van der Waals surface area contributed by atoms with Crippen molar-refractivity contribution in [2.45, 2.75) is 39.2 Å². The third kappa shape index (κ3) is 4.91. The van der Waals surface area contributed by atoms with Crippen LogP contribution < -0.4 is 5.32 Å². The fourth-order valence-electron chi connectivity index (χ4n) is 1.26. The van der Waals surface area contributed by atoms with Crippen LogP contribution in [0.1, 0.15) is 38.6 Å². The number of aliphatic carboxylic acids is 1. The van der Waals surface area contributed by atoms with Crippen molar-refractivity contribution in [2.24, 2.45) is 0 Å². The summed E-state index contributed by atoms with van der Waals surface area (Å²) >= 11 is 0. The first-order valence-electron chi connectivity index (χ1n) is 5.63. The van der Waals surface area contributed by atoms with Crippen LogP contribution in [0.3, 0.4) is 0 Å². The first kappa shape index (κ1) is 13.6. The lowest BCUT2D eigenvalue weighted by molar-refractivity contribution is -0.136. The molecule has 0 amide bonds. The highest BCUT2D eigenvalue weighted by Gasteiger charge is 2.16. The summed E-state index contributed by atoms with van der Waals surface area (Å²) in [7, 11) is 0. The van der Waals surface area contributed by atoms with Gasteiger partial charge in [-0.05, 0) is 0 Å². The molecule has 1 heterocycles.